The van der Waals surface area contributed by atoms with Crippen molar-refractivity contribution in [2.45, 2.75) is 16.5 Å². The molecule has 4 heteroatoms. The summed E-state index contributed by atoms with van der Waals surface area (Å²) in [5.74, 6) is 0. The van der Waals surface area contributed by atoms with E-state index in [4.69, 9.17) is 0 Å². The maximum atomic E-state index is 2.29. The van der Waals surface area contributed by atoms with Gasteiger partial charge < -0.3 is 37.2 Å². The fraction of sp³-hybridized carbons (Fsp3) is 0.333. The van der Waals surface area contributed by atoms with E-state index in [1.165, 1.54) is 37.2 Å². The summed E-state index contributed by atoms with van der Waals surface area (Å²) in [6.45, 7) is 0. The summed E-state index contributed by atoms with van der Waals surface area (Å²) in [5.41, 5.74) is 3.23. The van der Waals surface area contributed by atoms with Crippen molar-refractivity contribution in [3.63, 3.8) is 0 Å². The van der Waals surface area contributed by atoms with Crippen molar-refractivity contribution in [2.24, 2.45) is 0 Å². The SMILES string of the molecule is [Cl-].[Cl-].[Cl-].[Hf+3][CH]1CCc2ccccc21. The molecular weight excluding hydrogens is 393 g/mol. The summed E-state index contributed by atoms with van der Waals surface area (Å²) in [5, 5.41) is 0. The summed E-state index contributed by atoms with van der Waals surface area (Å²) in [6.07, 6.45) is 2.73. The van der Waals surface area contributed by atoms with Crippen LogP contribution in [0.1, 0.15) is 21.2 Å². The second-order valence-corrected chi connectivity index (χ2v) is 5.29. The van der Waals surface area contributed by atoms with Crippen LogP contribution in [0.5, 0.6) is 0 Å². The van der Waals surface area contributed by atoms with Crippen LogP contribution in [0.15, 0.2) is 24.3 Å². The standard InChI is InChI=1S/C9H9.3ClH.Hf/c1-2-5-9-7-3-6-8(9)4-1;;;;/h1-2,4-6H,3,7H2;3*1H;/q;;;;+3/p-3. The topological polar surface area (TPSA) is 0 Å². The van der Waals surface area contributed by atoms with Crippen LogP contribution in [-0.2, 0) is 30.8 Å². The first-order valence-electron chi connectivity index (χ1n) is 3.67. The second-order valence-electron chi connectivity index (χ2n) is 2.79. The number of aryl methyl sites for hydroxylation is 1. The Bertz CT molecular complexity index is 252. The predicted molar refractivity (Wildman–Crippen MR) is 37.5 cm³/mol. The zero-order valence-electron chi connectivity index (χ0n) is 6.93. The minimum absolute atomic E-state index is 0. The summed E-state index contributed by atoms with van der Waals surface area (Å²) in [7, 11) is 0. The zero-order valence-corrected chi connectivity index (χ0v) is 12.8. The van der Waals surface area contributed by atoms with Crippen molar-refractivity contribution in [1.82, 2.24) is 0 Å². The van der Waals surface area contributed by atoms with Crippen molar-refractivity contribution >= 4 is 0 Å². The van der Waals surface area contributed by atoms with E-state index in [0.29, 0.717) is 0 Å². The first-order chi connectivity index (χ1) is 4.88. The Morgan fingerprint density at radius 2 is 1.69 bits per heavy atom. The molecule has 0 fully saturated rings. The van der Waals surface area contributed by atoms with Crippen LogP contribution in [0.25, 0.3) is 0 Å². The molecule has 0 bridgehead atoms. The van der Waals surface area contributed by atoms with Crippen molar-refractivity contribution < 1.29 is 61.6 Å². The van der Waals surface area contributed by atoms with Crippen LogP contribution in [0.2, 0.25) is 0 Å². The molecule has 0 saturated carbocycles. The van der Waals surface area contributed by atoms with E-state index in [-0.39, 0.29) is 37.2 Å². The van der Waals surface area contributed by atoms with E-state index >= 15 is 0 Å². The summed E-state index contributed by atoms with van der Waals surface area (Å²) in [6, 6.07) is 8.88. The van der Waals surface area contributed by atoms with Crippen LogP contribution in [0, 0.1) is 0 Å². The van der Waals surface area contributed by atoms with E-state index < -0.39 is 0 Å². The molecular formula is C9H9Cl3Hf. The van der Waals surface area contributed by atoms with Crippen molar-refractivity contribution in [3.8, 4) is 0 Å². The van der Waals surface area contributed by atoms with Crippen molar-refractivity contribution in [2.75, 3.05) is 0 Å². The molecule has 0 spiro atoms. The first-order valence-corrected chi connectivity index (χ1v) is 5.74. The maximum absolute atomic E-state index is 2.29. The third-order valence-corrected chi connectivity index (χ3v) is 4.29. The van der Waals surface area contributed by atoms with Gasteiger partial charge in [-0.2, -0.15) is 0 Å². The Kier molecular flexibility index (Phi) is 9.18. The third-order valence-electron chi connectivity index (χ3n) is 2.13. The van der Waals surface area contributed by atoms with Crippen LogP contribution < -0.4 is 37.2 Å². The van der Waals surface area contributed by atoms with E-state index in [1.54, 1.807) is 11.1 Å². The van der Waals surface area contributed by atoms with Gasteiger partial charge in [-0.25, -0.2) is 0 Å². The quantitative estimate of drug-likeness (QED) is 0.379. The molecule has 0 N–H and O–H groups in total. The molecule has 0 nitrogen and oxygen atoms in total. The number of fused-ring (bicyclic) bond motifs is 1. The molecule has 70 valence electrons. The van der Waals surface area contributed by atoms with Crippen LogP contribution in [0.3, 0.4) is 0 Å². The monoisotopic (exact) mass is 402 g/mol. The van der Waals surface area contributed by atoms with Crippen LogP contribution in [-0.4, -0.2) is 0 Å². The van der Waals surface area contributed by atoms with Gasteiger partial charge in [0.1, 0.15) is 0 Å². The Labute approximate surface area is 113 Å². The number of hydrogen-bond donors (Lipinski definition) is 0. The van der Waals surface area contributed by atoms with E-state index in [0.717, 1.165) is 3.67 Å². The van der Waals surface area contributed by atoms with Gasteiger partial charge in [0.2, 0.25) is 0 Å². The average molecular weight is 402 g/mol. The molecule has 0 heterocycles. The van der Waals surface area contributed by atoms with Gasteiger partial charge in [0, 0.05) is 0 Å². The number of hydrogen-bond acceptors (Lipinski definition) is 0. The van der Waals surface area contributed by atoms with Gasteiger partial charge in [0.05, 0.1) is 0 Å². The molecule has 0 saturated heterocycles. The van der Waals surface area contributed by atoms with Crippen LogP contribution >= 0.6 is 0 Å². The summed E-state index contributed by atoms with van der Waals surface area (Å²) < 4.78 is 0.941. The van der Waals surface area contributed by atoms with E-state index in [1.807, 2.05) is 0 Å². The Hall–Kier alpha value is 0.960. The molecule has 2 rings (SSSR count). The van der Waals surface area contributed by atoms with Gasteiger partial charge in [-0.1, -0.05) is 0 Å². The Morgan fingerprint density at radius 1 is 1.08 bits per heavy atom. The molecule has 1 atom stereocenters. The Morgan fingerprint density at radius 3 is 2.31 bits per heavy atom. The van der Waals surface area contributed by atoms with Gasteiger partial charge in [-0.15, -0.1) is 0 Å². The van der Waals surface area contributed by atoms with Gasteiger partial charge in [-0.3, -0.25) is 0 Å². The molecule has 1 aliphatic rings. The molecule has 0 aromatic heterocycles. The fourth-order valence-corrected chi connectivity index (χ4v) is 3.09. The molecule has 0 amide bonds. The molecule has 1 unspecified atom stereocenters. The normalized spacial score (nSPS) is 17.5. The molecule has 1 aromatic rings. The number of benzene rings is 1. The number of rotatable bonds is 0. The fourth-order valence-electron chi connectivity index (χ4n) is 1.56. The Balaban J connectivity index is 0. The van der Waals surface area contributed by atoms with Gasteiger partial charge in [-0.05, 0) is 0 Å². The zero-order chi connectivity index (χ0) is 6.97. The van der Waals surface area contributed by atoms with Gasteiger partial charge in [0.25, 0.3) is 0 Å². The summed E-state index contributed by atoms with van der Waals surface area (Å²) in [4.78, 5) is 0. The summed E-state index contributed by atoms with van der Waals surface area (Å²) >= 11 is 1.33. The molecule has 1 aromatic carbocycles. The molecule has 13 heavy (non-hydrogen) atoms. The van der Waals surface area contributed by atoms with Crippen molar-refractivity contribution in [1.29, 1.82) is 0 Å². The predicted octanol–water partition coefficient (Wildman–Crippen LogP) is -6.77. The van der Waals surface area contributed by atoms with E-state index in [9.17, 15) is 0 Å². The minimum atomic E-state index is 0. The molecule has 1 aliphatic carbocycles. The second kappa shape index (κ2) is 7.28. The van der Waals surface area contributed by atoms with Gasteiger partial charge in [0.15, 0.2) is 0 Å². The molecule has 0 aliphatic heterocycles. The number of halogens is 3. The third kappa shape index (κ3) is 3.54. The van der Waals surface area contributed by atoms with Crippen LogP contribution in [0.4, 0.5) is 0 Å². The van der Waals surface area contributed by atoms with Gasteiger partial charge >= 0.3 is 76.3 Å². The molecule has 0 radical (unpaired) electrons. The first kappa shape index (κ1) is 16.4. The average Bonchev–Trinajstić information content (AvgIpc) is 2.34. The van der Waals surface area contributed by atoms with Crippen molar-refractivity contribution in [3.05, 3.63) is 35.4 Å². The van der Waals surface area contributed by atoms with E-state index in [2.05, 4.69) is 24.3 Å².